The minimum atomic E-state index is -0.145. The number of carbonyl (C=O) groups is 1. The zero-order valence-electron chi connectivity index (χ0n) is 10.5. The van der Waals surface area contributed by atoms with Gasteiger partial charge in [0.2, 0.25) is 0 Å². The number of carbonyl (C=O) groups excluding carboxylic acids is 1. The van der Waals surface area contributed by atoms with Gasteiger partial charge in [0, 0.05) is 20.3 Å². The van der Waals surface area contributed by atoms with Crippen molar-refractivity contribution in [3.05, 3.63) is 44.2 Å². The molecule has 0 saturated carbocycles. The van der Waals surface area contributed by atoms with E-state index in [1.807, 2.05) is 38.2 Å². The van der Waals surface area contributed by atoms with E-state index in [4.69, 9.17) is 0 Å². The molecule has 1 N–H and O–H groups in total. The fraction of sp³-hybridized carbons (Fsp3) is 0.231. The Hall–Kier alpha value is -0.890. The zero-order chi connectivity index (χ0) is 14.0. The monoisotopic (exact) mass is 433 g/mol. The summed E-state index contributed by atoms with van der Waals surface area (Å²) in [5, 5.41) is 7.04. The first-order valence-electron chi connectivity index (χ1n) is 5.78. The van der Waals surface area contributed by atoms with Gasteiger partial charge < -0.3 is 5.32 Å². The Morgan fingerprint density at radius 2 is 2.21 bits per heavy atom. The quantitative estimate of drug-likeness (QED) is 0.741. The largest absolute Gasteiger partial charge is 0.319 e. The molecule has 1 heterocycles. The number of rotatable bonds is 3. The number of aromatic nitrogens is 2. The van der Waals surface area contributed by atoms with Crippen LogP contribution in [0.1, 0.15) is 30.2 Å². The van der Waals surface area contributed by atoms with Gasteiger partial charge in [0.15, 0.2) is 0 Å². The molecule has 4 nitrogen and oxygen atoms in total. The van der Waals surface area contributed by atoms with Gasteiger partial charge in [-0.2, -0.15) is 5.10 Å². The number of halogens is 2. The second-order valence-corrected chi connectivity index (χ2v) is 6.48. The molecule has 0 aliphatic heterocycles. The van der Waals surface area contributed by atoms with Crippen LogP contribution in [0.5, 0.6) is 0 Å². The van der Waals surface area contributed by atoms with E-state index in [1.54, 1.807) is 10.9 Å². The van der Waals surface area contributed by atoms with Gasteiger partial charge in [0.05, 0.1) is 17.4 Å². The van der Waals surface area contributed by atoms with E-state index in [9.17, 15) is 4.79 Å². The molecule has 0 spiro atoms. The summed E-state index contributed by atoms with van der Waals surface area (Å²) < 4.78 is 3.60. The number of amides is 1. The second kappa shape index (κ2) is 6.04. The van der Waals surface area contributed by atoms with Gasteiger partial charge in [-0.1, -0.05) is 0 Å². The Balaban J connectivity index is 2.18. The standard InChI is InChI=1S/C13H13BrIN3O/c1-8(2)18-7-10(6-16-18)17-13(19)11-5-9(15)3-4-12(11)14/h3-8H,1-2H3,(H,17,19). The fourth-order valence-electron chi connectivity index (χ4n) is 1.55. The van der Waals surface area contributed by atoms with Crippen molar-refractivity contribution in [3.63, 3.8) is 0 Å². The number of hydrogen-bond acceptors (Lipinski definition) is 2. The van der Waals surface area contributed by atoms with Crippen LogP contribution >= 0.6 is 38.5 Å². The number of hydrogen-bond donors (Lipinski definition) is 1. The molecular formula is C13H13BrIN3O. The molecule has 100 valence electrons. The minimum absolute atomic E-state index is 0.145. The molecule has 0 fully saturated rings. The van der Waals surface area contributed by atoms with Gasteiger partial charge in [-0.25, -0.2) is 0 Å². The van der Waals surface area contributed by atoms with E-state index in [0.717, 1.165) is 8.04 Å². The third-order valence-electron chi connectivity index (χ3n) is 2.56. The molecule has 0 saturated heterocycles. The Bertz CT molecular complexity index is 610. The van der Waals surface area contributed by atoms with Crippen LogP contribution in [0.4, 0.5) is 5.69 Å². The van der Waals surface area contributed by atoms with Crippen LogP contribution < -0.4 is 5.32 Å². The van der Waals surface area contributed by atoms with E-state index in [0.29, 0.717) is 11.3 Å². The lowest BCUT2D eigenvalue weighted by molar-refractivity contribution is 0.102. The van der Waals surface area contributed by atoms with Gasteiger partial charge in [0.25, 0.3) is 5.91 Å². The second-order valence-electron chi connectivity index (χ2n) is 4.38. The normalized spacial score (nSPS) is 10.8. The molecule has 6 heteroatoms. The van der Waals surface area contributed by atoms with Crippen molar-refractivity contribution in [1.82, 2.24) is 9.78 Å². The van der Waals surface area contributed by atoms with Crippen molar-refractivity contribution >= 4 is 50.1 Å². The summed E-state index contributed by atoms with van der Waals surface area (Å²) in [4.78, 5) is 12.2. The topological polar surface area (TPSA) is 46.9 Å². The molecule has 0 unspecified atom stereocenters. The van der Waals surface area contributed by atoms with Gasteiger partial charge in [-0.3, -0.25) is 9.48 Å². The van der Waals surface area contributed by atoms with Gasteiger partial charge in [0.1, 0.15) is 0 Å². The van der Waals surface area contributed by atoms with Crippen molar-refractivity contribution in [3.8, 4) is 0 Å². The van der Waals surface area contributed by atoms with Crippen molar-refractivity contribution in [2.45, 2.75) is 19.9 Å². The third-order valence-corrected chi connectivity index (χ3v) is 3.92. The molecule has 0 aliphatic carbocycles. The first-order chi connectivity index (χ1) is 8.97. The molecule has 0 radical (unpaired) electrons. The van der Waals surface area contributed by atoms with E-state index in [2.05, 4.69) is 48.9 Å². The maximum Gasteiger partial charge on any atom is 0.256 e. The number of benzene rings is 1. The Labute approximate surface area is 133 Å². The molecule has 2 rings (SSSR count). The van der Waals surface area contributed by atoms with Crippen LogP contribution in [0.25, 0.3) is 0 Å². The van der Waals surface area contributed by atoms with Gasteiger partial charge in [-0.05, 0) is 70.6 Å². The molecule has 1 aromatic carbocycles. The molecular weight excluding hydrogens is 421 g/mol. The summed E-state index contributed by atoms with van der Waals surface area (Å²) in [6.45, 7) is 4.07. The first-order valence-corrected chi connectivity index (χ1v) is 7.65. The number of nitrogens with zero attached hydrogens (tertiary/aromatic N) is 2. The van der Waals surface area contributed by atoms with Crippen molar-refractivity contribution in [1.29, 1.82) is 0 Å². The highest BCUT2D eigenvalue weighted by molar-refractivity contribution is 14.1. The van der Waals surface area contributed by atoms with Gasteiger partial charge in [-0.15, -0.1) is 0 Å². The summed E-state index contributed by atoms with van der Waals surface area (Å²) in [5.74, 6) is -0.145. The lowest BCUT2D eigenvalue weighted by Crippen LogP contribution is -2.12. The first kappa shape index (κ1) is 14.5. The maximum absolute atomic E-state index is 12.2. The maximum atomic E-state index is 12.2. The third kappa shape index (κ3) is 3.56. The highest BCUT2D eigenvalue weighted by Gasteiger charge is 2.12. The van der Waals surface area contributed by atoms with E-state index in [-0.39, 0.29) is 11.9 Å². The lowest BCUT2D eigenvalue weighted by Gasteiger charge is -2.06. The van der Waals surface area contributed by atoms with Crippen LogP contribution in [-0.4, -0.2) is 15.7 Å². The Kier molecular flexibility index (Phi) is 4.62. The number of anilines is 1. The summed E-state index contributed by atoms with van der Waals surface area (Å²) in [7, 11) is 0. The SMILES string of the molecule is CC(C)n1cc(NC(=O)c2cc(I)ccc2Br)cn1. The predicted molar refractivity (Wildman–Crippen MR) is 87.4 cm³/mol. The predicted octanol–water partition coefficient (Wildman–Crippen LogP) is 4.08. The summed E-state index contributed by atoms with van der Waals surface area (Å²) in [5.41, 5.74) is 1.31. The van der Waals surface area contributed by atoms with E-state index >= 15 is 0 Å². The molecule has 19 heavy (non-hydrogen) atoms. The molecule has 0 aliphatic rings. The van der Waals surface area contributed by atoms with Crippen LogP contribution in [0.15, 0.2) is 35.1 Å². The Morgan fingerprint density at radius 1 is 1.47 bits per heavy atom. The zero-order valence-corrected chi connectivity index (χ0v) is 14.3. The molecule has 2 aromatic rings. The molecule has 0 bridgehead atoms. The van der Waals surface area contributed by atoms with Crippen molar-refractivity contribution in [2.75, 3.05) is 5.32 Å². The number of nitrogens with one attached hydrogen (secondary N) is 1. The summed E-state index contributed by atoms with van der Waals surface area (Å²) >= 11 is 5.57. The van der Waals surface area contributed by atoms with E-state index < -0.39 is 0 Å². The summed E-state index contributed by atoms with van der Waals surface area (Å²) in [6, 6.07) is 5.93. The van der Waals surface area contributed by atoms with Crippen LogP contribution in [-0.2, 0) is 0 Å². The van der Waals surface area contributed by atoms with Crippen LogP contribution in [0, 0.1) is 3.57 Å². The fourth-order valence-corrected chi connectivity index (χ4v) is 2.47. The average Bonchev–Trinajstić information content (AvgIpc) is 2.80. The lowest BCUT2D eigenvalue weighted by atomic mass is 10.2. The smallest absolute Gasteiger partial charge is 0.256 e. The van der Waals surface area contributed by atoms with Crippen molar-refractivity contribution in [2.24, 2.45) is 0 Å². The molecule has 0 atom stereocenters. The summed E-state index contributed by atoms with van der Waals surface area (Å²) in [6.07, 6.45) is 3.48. The highest BCUT2D eigenvalue weighted by Crippen LogP contribution is 2.21. The van der Waals surface area contributed by atoms with Crippen LogP contribution in [0.2, 0.25) is 0 Å². The van der Waals surface area contributed by atoms with E-state index in [1.165, 1.54) is 0 Å². The highest BCUT2D eigenvalue weighted by atomic mass is 127. The average molecular weight is 434 g/mol. The van der Waals surface area contributed by atoms with Gasteiger partial charge >= 0.3 is 0 Å². The Morgan fingerprint density at radius 3 is 2.84 bits per heavy atom. The van der Waals surface area contributed by atoms with Crippen molar-refractivity contribution < 1.29 is 4.79 Å². The molecule has 1 amide bonds. The van der Waals surface area contributed by atoms with Crippen LogP contribution in [0.3, 0.4) is 0 Å². The molecule has 1 aromatic heterocycles. The minimum Gasteiger partial charge on any atom is -0.319 e.